The molecule has 0 spiro atoms. The van der Waals surface area contributed by atoms with E-state index in [2.05, 4.69) is 0 Å². The molecule has 0 aliphatic heterocycles. The van der Waals surface area contributed by atoms with Crippen molar-refractivity contribution in [2.24, 2.45) is 0 Å². The predicted octanol–water partition coefficient (Wildman–Crippen LogP) is -0.797. The fraction of sp³-hybridized carbons (Fsp3) is 0. The molecule has 0 unspecified atom stereocenters. The fourth-order valence-electron chi connectivity index (χ4n) is 0. The summed E-state index contributed by atoms with van der Waals surface area (Å²) in [6.07, 6.45) is 0. The molecule has 0 aliphatic carbocycles. The zero-order valence-corrected chi connectivity index (χ0v) is 5.16. The second-order valence-corrected chi connectivity index (χ2v) is 0.981. The van der Waals surface area contributed by atoms with Crippen LogP contribution in [0.25, 0.3) is 0 Å². The third-order valence-electron chi connectivity index (χ3n) is 0. The molecule has 0 rings (SSSR count). The van der Waals surface area contributed by atoms with Crippen molar-refractivity contribution in [2.75, 3.05) is 0 Å². The first-order chi connectivity index (χ1) is 1.73. The summed E-state index contributed by atoms with van der Waals surface area (Å²) < 4.78 is 24.4. The molecule has 5 heteroatoms. The van der Waals surface area contributed by atoms with E-state index in [1.165, 1.54) is 0 Å². The second-order valence-electron chi connectivity index (χ2n) is 0.238. The van der Waals surface area contributed by atoms with Gasteiger partial charge in [0.15, 0.2) is 0 Å². The average molecular weight is 269 g/mol. The Morgan fingerprint density at radius 3 is 1.40 bits per heavy atom. The normalized spacial score (nSPS) is 5.00. The molecule has 0 bridgehead atoms. The van der Waals surface area contributed by atoms with E-state index in [0.29, 0.717) is 0 Å². The molecule has 0 aliphatic rings. The van der Waals surface area contributed by atoms with Crippen LogP contribution in [-0.4, -0.2) is 4.03 Å². The first-order valence-corrected chi connectivity index (χ1v) is 2.33. The second kappa shape index (κ2) is 5.38. The molecule has 0 aromatic rings. The van der Waals surface area contributed by atoms with Crippen LogP contribution >= 0.6 is 0 Å². The Morgan fingerprint density at radius 2 is 1.40 bits per heavy atom. The van der Waals surface area contributed by atoms with E-state index in [1.807, 2.05) is 0 Å². The van der Waals surface area contributed by atoms with Gasteiger partial charge in [0.25, 0.3) is 0 Å². The zero-order chi connectivity index (χ0) is 3.58. The van der Waals surface area contributed by atoms with Crippen molar-refractivity contribution < 1.29 is 63.7 Å². The zero-order valence-electron chi connectivity index (χ0n) is 1.99. The summed E-state index contributed by atoms with van der Waals surface area (Å²) in [5, 5.41) is 0. The molecule has 0 fully saturated rings. The molecule has 0 atom stereocenters. The molecule has 0 amide bonds. The molecule has 37 valence electrons. The predicted molar refractivity (Wildman–Crippen MR) is 3.59 cm³/mol. The van der Waals surface area contributed by atoms with Gasteiger partial charge >= 0.3 is 26.8 Å². The molecule has 0 aromatic carbocycles. The Morgan fingerprint density at radius 1 is 1.40 bits per heavy atom. The molecule has 0 saturated carbocycles. The van der Waals surface area contributed by atoms with Crippen LogP contribution in [0.15, 0.2) is 0 Å². The van der Waals surface area contributed by atoms with Crippen LogP contribution in [0.4, 0.5) is 0 Å². The minimum atomic E-state index is -3.69. The first kappa shape index (κ1) is 9.62. The minimum absolute atomic E-state index is 0. The average Bonchev–Trinajstić information content (AvgIpc) is 0.811. The summed E-state index contributed by atoms with van der Waals surface area (Å²) in [6, 6.07) is 0. The van der Waals surface area contributed by atoms with E-state index in [-0.39, 0.29) is 36.9 Å². The summed E-state index contributed by atoms with van der Waals surface area (Å²) in [7, 11) is 0. The van der Waals surface area contributed by atoms with Gasteiger partial charge in [0.2, 0.25) is 0 Å². The van der Waals surface area contributed by atoms with Gasteiger partial charge in [-0.15, -0.1) is 0 Å². The van der Waals surface area contributed by atoms with Gasteiger partial charge in [-0.3, -0.25) is 0 Å². The van der Waals surface area contributed by atoms with Crippen LogP contribution in [-0.2, 0) is 22.7 Å². The minimum Gasteiger partial charge on any atom is 0 e. The molecule has 0 heterocycles. The van der Waals surface area contributed by atoms with Crippen molar-refractivity contribution in [1.82, 2.24) is 0 Å². The van der Waals surface area contributed by atoms with E-state index >= 15 is 0 Å². The summed E-state index contributed by atoms with van der Waals surface area (Å²) in [5.41, 5.74) is 0. The molecule has 3 nitrogen and oxygen atoms in total. The largest absolute Gasteiger partial charge is 0 e. The topological polar surface area (TPSA) is 54.4 Å². The number of hydrogen-bond donors (Lipinski definition) is 1. The van der Waals surface area contributed by atoms with Gasteiger partial charge in [-0.1, -0.05) is 0 Å². The third-order valence-corrected chi connectivity index (χ3v) is 0. The van der Waals surface area contributed by atoms with Crippen molar-refractivity contribution >= 4 is 0 Å². The van der Waals surface area contributed by atoms with Gasteiger partial charge in [-0.05, 0) is 0 Å². The molecular formula is HO3TmV. The summed E-state index contributed by atoms with van der Waals surface area (Å²) >= 11 is -3.69. The standard InChI is InChI=1S/H2O.2O.Tm.V/h1H2;;;;/q;;;;+1/p-1. The maximum absolute atomic E-state index is 8.67. The van der Waals surface area contributed by atoms with E-state index in [9.17, 15) is 0 Å². The number of hydrogen-bond acceptors (Lipinski definition) is 2. The van der Waals surface area contributed by atoms with Gasteiger partial charge in [0.1, 0.15) is 0 Å². The smallest absolute Gasteiger partial charge is 0 e. The van der Waals surface area contributed by atoms with Crippen LogP contribution in [0.1, 0.15) is 0 Å². The fourth-order valence-corrected chi connectivity index (χ4v) is 0. The van der Waals surface area contributed by atoms with Crippen molar-refractivity contribution in [3.05, 3.63) is 0 Å². The van der Waals surface area contributed by atoms with Crippen molar-refractivity contribution in [3.8, 4) is 0 Å². The summed E-state index contributed by atoms with van der Waals surface area (Å²) in [4.78, 5) is 0. The van der Waals surface area contributed by atoms with Crippen LogP contribution < -0.4 is 0 Å². The van der Waals surface area contributed by atoms with Gasteiger partial charge in [-0.2, -0.15) is 0 Å². The number of rotatable bonds is 0. The summed E-state index contributed by atoms with van der Waals surface area (Å²) in [6.45, 7) is 0. The van der Waals surface area contributed by atoms with E-state index in [1.54, 1.807) is 0 Å². The summed E-state index contributed by atoms with van der Waals surface area (Å²) in [5.74, 6) is 0. The Hall–Kier alpha value is 1.38. The molecule has 1 N–H and O–H groups in total. The van der Waals surface area contributed by atoms with Crippen LogP contribution in [0, 0.1) is 36.9 Å². The maximum Gasteiger partial charge on any atom is 0 e. The molecule has 0 aromatic heterocycles. The first-order valence-electron chi connectivity index (χ1n) is 0.565. The Balaban J connectivity index is 0. The van der Waals surface area contributed by atoms with Gasteiger partial charge < -0.3 is 0 Å². The van der Waals surface area contributed by atoms with Gasteiger partial charge in [0.05, 0.1) is 0 Å². The Bertz CT molecular complexity index is 55.3. The van der Waals surface area contributed by atoms with E-state index in [4.69, 9.17) is 11.4 Å². The molecule has 5 heavy (non-hydrogen) atoms. The van der Waals surface area contributed by atoms with Crippen LogP contribution in [0.5, 0.6) is 0 Å². The third kappa shape index (κ3) is 32.3. The van der Waals surface area contributed by atoms with Crippen LogP contribution in [0.3, 0.4) is 0 Å². The van der Waals surface area contributed by atoms with E-state index < -0.39 is 15.4 Å². The quantitative estimate of drug-likeness (QED) is 0.626. The maximum atomic E-state index is 8.67. The monoisotopic (exact) mass is 269 g/mol. The Kier molecular flexibility index (Phi) is 10.4. The van der Waals surface area contributed by atoms with Crippen molar-refractivity contribution in [2.45, 2.75) is 0 Å². The SMILES string of the molecule is [O]=[V](=[O])[OH].[Tm]. The van der Waals surface area contributed by atoms with Gasteiger partial charge in [0, 0.05) is 36.9 Å². The Labute approximate surface area is 62.9 Å². The van der Waals surface area contributed by atoms with E-state index in [0.717, 1.165) is 0 Å². The molecule has 0 saturated heterocycles. The van der Waals surface area contributed by atoms with Gasteiger partial charge in [-0.25, -0.2) is 0 Å². The molecule has 1 radical (unpaired) electrons. The van der Waals surface area contributed by atoms with Crippen molar-refractivity contribution in [1.29, 1.82) is 0 Å². The van der Waals surface area contributed by atoms with Crippen LogP contribution in [0.2, 0.25) is 0 Å². The molecular weight excluding hydrogens is 268 g/mol. The van der Waals surface area contributed by atoms with Crippen molar-refractivity contribution in [3.63, 3.8) is 0 Å².